The second-order valence-corrected chi connectivity index (χ2v) is 18.0. The molecular weight excluding hydrogens is 843 g/mol. The van der Waals surface area contributed by atoms with Crippen molar-refractivity contribution in [2.24, 2.45) is 29.4 Å². The van der Waals surface area contributed by atoms with E-state index < -0.39 is 114 Å². The van der Waals surface area contributed by atoms with Crippen molar-refractivity contribution >= 4 is 53.2 Å². The molecule has 1 aromatic rings. The fourth-order valence-electron chi connectivity index (χ4n) is 6.53. The Hall–Kier alpha value is -5.63. The Kier molecular flexibility index (Phi) is 25.0. The molecule has 0 aromatic heterocycles. The van der Waals surface area contributed by atoms with Gasteiger partial charge in [-0.05, 0) is 75.7 Å². The molecule has 65 heavy (non-hydrogen) atoms. The maximum Gasteiger partial charge on any atom is 0.325 e. The molecule has 0 aliphatic carbocycles. The number of carbonyl (C=O) groups is 9. The molecule has 20 nitrogen and oxygen atoms in total. The zero-order valence-electron chi connectivity index (χ0n) is 39.8. The molecule has 0 saturated carbocycles. The van der Waals surface area contributed by atoms with E-state index in [1.807, 2.05) is 51.1 Å². The van der Waals surface area contributed by atoms with Crippen LogP contribution >= 0.6 is 0 Å². The lowest BCUT2D eigenvalue weighted by atomic mass is 9.96. The first-order valence-electron chi connectivity index (χ1n) is 22.4. The Labute approximate surface area is 382 Å². The Morgan fingerprint density at radius 2 is 0.985 bits per heavy atom. The molecule has 0 heterocycles. The van der Waals surface area contributed by atoms with Crippen LogP contribution in [0.3, 0.4) is 0 Å². The Balaban J connectivity index is 3.02. The summed E-state index contributed by atoms with van der Waals surface area (Å²) >= 11 is 0. The van der Waals surface area contributed by atoms with Gasteiger partial charge in [0, 0.05) is 0 Å². The van der Waals surface area contributed by atoms with Crippen LogP contribution in [0, 0.1) is 23.7 Å². The molecule has 0 unspecified atom stereocenters. The minimum atomic E-state index is -1.55. The number of rotatable bonds is 28. The Bertz CT molecular complexity index is 1760. The number of carbonyl (C=O) groups excluding carboxylic acids is 8. The summed E-state index contributed by atoms with van der Waals surface area (Å²) in [6.45, 7) is 17.8. The van der Waals surface area contributed by atoms with Gasteiger partial charge < -0.3 is 58.5 Å². The molecule has 10 atom stereocenters. The van der Waals surface area contributed by atoms with Gasteiger partial charge >= 0.3 is 5.97 Å². The zero-order chi connectivity index (χ0) is 49.7. The smallest absolute Gasteiger partial charge is 0.325 e. The number of aliphatic hydroxyl groups excluding tert-OH is 1. The third kappa shape index (κ3) is 21.3. The van der Waals surface area contributed by atoms with Gasteiger partial charge in [-0.15, -0.1) is 0 Å². The van der Waals surface area contributed by atoms with Gasteiger partial charge in [-0.2, -0.15) is 0 Å². The molecule has 0 fully saturated rings. The third-order valence-electron chi connectivity index (χ3n) is 10.4. The molecule has 366 valence electrons. The molecule has 1 aromatic carbocycles. The van der Waals surface area contributed by atoms with Gasteiger partial charge in [-0.25, -0.2) is 0 Å². The molecular formula is C45H75N9O11. The van der Waals surface area contributed by atoms with Crippen LogP contribution in [0.1, 0.15) is 107 Å². The lowest BCUT2D eigenvalue weighted by molar-refractivity contribution is -0.142. The molecule has 0 bridgehead atoms. The first-order valence-corrected chi connectivity index (χ1v) is 22.4. The van der Waals surface area contributed by atoms with E-state index in [9.17, 15) is 53.4 Å². The van der Waals surface area contributed by atoms with Crippen LogP contribution in [0.25, 0.3) is 0 Å². The van der Waals surface area contributed by atoms with E-state index in [2.05, 4.69) is 42.5 Å². The number of benzene rings is 1. The van der Waals surface area contributed by atoms with Crippen LogP contribution in [0.5, 0.6) is 0 Å². The average molecular weight is 918 g/mol. The highest BCUT2D eigenvalue weighted by Crippen LogP contribution is 2.13. The quantitative estimate of drug-likeness (QED) is 0.0519. The van der Waals surface area contributed by atoms with Crippen molar-refractivity contribution in [3.05, 3.63) is 35.9 Å². The minimum absolute atomic E-state index is 0.00708. The Morgan fingerprint density at radius 3 is 1.43 bits per heavy atom. The molecule has 12 N–H and O–H groups in total. The summed E-state index contributed by atoms with van der Waals surface area (Å²) < 4.78 is 0. The highest BCUT2D eigenvalue weighted by molar-refractivity contribution is 5.97. The summed E-state index contributed by atoms with van der Waals surface area (Å²) in [6.07, 6.45) is -0.209. The zero-order valence-corrected chi connectivity index (χ0v) is 39.8. The molecule has 0 spiro atoms. The third-order valence-corrected chi connectivity index (χ3v) is 10.4. The largest absolute Gasteiger partial charge is 0.480 e. The number of hydrogen-bond donors (Lipinski definition) is 11. The van der Waals surface area contributed by atoms with Crippen LogP contribution in [-0.2, 0) is 49.6 Å². The van der Waals surface area contributed by atoms with Crippen LogP contribution in [0.4, 0.5) is 0 Å². The monoisotopic (exact) mass is 918 g/mol. The maximum atomic E-state index is 13.7. The summed E-state index contributed by atoms with van der Waals surface area (Å²) in [5.41, 5.74) is 7.03. The van der Waals surface area contributed by atoms with Gasteiger partial charge in [0.05, 0.1) is 18.7 Å². The van der Waals surface area contributed by atoms with Crippen LogP contribution in [0.2, 0.25) is 0 Å². The number of aliphatic hydroxyl groups is 1. The first-order chi connectivity index (χ1) is 30.3. The number of hydrogen-bond acceptors (Lipinski definition) is 11. The summed E-state index contributed by atoms with van der Waals surface area (Å²) in [6, 6.07) is -0.277. The van der Waals surface area contributed by atoms with Crippen molar-refractivity contribution in [2.75, 3.05) is 6.54 Å². The van der Waals surface area contributed by atoms with Crippen molar-refractivity contribution < 1.29 is 53.4 Å². The van der Waals surface area contributed by atoms with Gasteiger partial charge in [0.2, 0.25) is 47.3 Å². The number of nitrogens with one attached hydrogen (secondary N) is 8. The molecule has 0 aliphatic rings. The normalized spacial score (nSPS) is 15.9. The van der Waals surface area contributed by atoms with E-state index in [4.69, 9.17) is 5.73 Å². The second-order valence-electron chi connectivity index (χ2n) is 18.0. The molecule has 1 rings (SSSR count). The summed E-state index contributed by atoms with van der Waals surface area (Å²) in [5.74, 6) is -7.80. The summed E-state index contributed by atoms with van der Waals surface area (Å²) in [5, 5.41) is 39.7. The topological polar surface area (TPSA) is 316 Å². The predicted octanol–water partition coefficient (Wildman–Crippen LogP) is -0.244. The van der Waals surface area contributed by atoms with Crippen molar-refractivity contribution in [1.29, 1.82) is 0 Å². The molecule has 0 radical (unpaired) electrons. The summed E-state index contributed by atoms with van der Waals surface area (Å²) in [7, 11) is 0. The van der Waals surface area contributed by atoms with E-state index in [0.717, 1.165) is 5.56 Å². The number of aliphatic carboxylic acids is 1. The fraction of sp³-hybridized carbons (Fsp3) is 0.667. The van der Waals surface area contributed by atoms with E-state index in [0.29, 0.717) is 6.42 Å². The van der Waals surface area contributed by atoms with Crippen molar-refractivity contribution in [2.45, 2.75) is 163 Å². The molecule has 20 heteroatoms. The van der Waals surface area contributed by atoms with Crippen LogP contribution in [-0.4, -0.2) is 124 Å². The fourth-order valence-corrected chi connectivity index (χ4v) is 6.53. The lowest BCUT2D eigenvalue weighted by Crippen LogP contribution is -2.60. The first kappa shape index (κ1) is 57.4. The van der Waals surface area contributed by atoms with Crippen LogP contribution < -0.4 is 48.3 Å². The van der Waals surface area contributed by atoms with E-state index in [-0.39, 0.29) is 49.4 Å². The van der Waals surface area contributed by atoms with Gasteiger partial charge in [-0.3, -0.25) is 43.2 Å². The standard InChI is InChI=1S/C45H75N9O11/c1-12-26(8)36(53-41(60)33(19-24(4)5)51-39(58)31(46)21-30-16-14-13-15-17-30)43(62)47-22-35(56)48-27(9)38(57)50-32(18-23(2)3)40(59)52-34(20-25(6)7)42(61)54-37(29(11)55)44(63)49-28(10)45(64)65/h13-17,23-29,31-34,36-37,55H,12,18-22,46H2,1-11H3,(H,47,62)(H,48,56)(H,49,63)(H,50,57)(H,51,58)(H,52,59)(H,53,60)(H,54,61)(H,64,65)/t26-,27-,28-,29+,31-,32-,33-,34-,36-,37-/m0/s1. The number of carboxylic acid groups (broad SMARTS) is 1. The maximum absolute atomic E-state index is 13.7. The highest BCUT2D eigenvalue weighted by Gasteiger charge is 2.35. The predicted molar refractivity (Wildman–Crippen MR) is 243 cm³/mol. The SMILES string of the molecule is CC[C@H](C)[C@H](NC(=O)[C@H](CC(C)C)NC(=O)[C@@H](N)Cc1ccccc1)C(=O)NCC(=O)N[C@@H](C)C(=O)N[C@@H](CC(C)C)C(=O)N[C@@H](CC(C)C)C(=O)N[C@H](C(=O)N[C@@H](C)C(=O)O)[C@@H](C)O. The van der Waals surface area contributed by atoms with Gasteiger partial charge in [0.1, 0.15) is 42.3 Å². The lowest BCUT2D eigenvalue weighted by Gasteiger charge is -2.28. The molecule has 8 amide bonds. The number of carboxylic acids is 1. The van der Waals surface area contributed by atoms with Crippen LogP contribution in [0.15, 0.2) is 30.3 Å². The molecule has 0 saturated heterocycles. The van der Waals surface area contributed by atoms with Gasteiger partial charge in [-0.1, -0.05) is 92.1 Å². The highest BCUT2D eigenvalue weighted by atomic mass is 16.4. The second kappa shape index (κ2) is 28.3. The Morgan fingerprint density at radius 1 is 0.538 bits per heavy atom. The van der Waals surface area contributed by atoms with Crippen molar-refractivity contribution in [3.8, 4) is 0 Å². The van der Waals surface area contributed by atoms with E-state index in [1.54, 1.807) is 34.6 Å². The van der Waals surface area contributed by atoms with Gasteiger partial charge in [0.15, 0.2) is 0 Å². The van der Waals surface area contributed by atoms with E-state index in [1.165, 1.54) is 20.8 Å². The van der Waals surface area contributed by atoms with Crippen molar-refractivity contribution in [3.63, 3.8) is 0 Å². The van der Waals surface area contributed by atoms with E-state index >= 15 is 0 Å². The number of amides is 8. The average Bonchev–Trinajstić information content (AvgIpc) is 3.21. The number of nitrogens with two attached hydrogens (primary N) is 1. The van der Waals surface area contributed by atoms with Gasteiger partial charge in [0.25, 0.3) is 0 Å². The molecule has 0 aliphatic heterocycles. The summed E-state index contributed by atoms with van der Waals surface area (Å²) in [4.78, 5) is 118. The van der Waals surface area contributed by atoms with Crippen molar-refractivity contribution in [1.82, 2.24) is 42.5 Å². The minimum Gasteiger partial charge on any atom is -0.480 e.